The minimum atomic E-state index is 0.518. The molecule has 0 aliphatic heterocycles. The summed E-state index contributed by atoms with van der Waals surface area (Å²) in [7, 11) is 0. The summed E-state index contributed by atoms with van der Waals surface area (Å²) < 4.78 is 1.04. The van der Waals surface area contributed by atoms with Crippen LogP contribution < -0.4 is 5.32 Å². The summed E-state index contributed by atoms with van der Waals surface area (Å²) in [5.41, 5.74) is 1.22. The Morgan fingerprint density at radius 1 is 1.38 bits per heavy atom. The lowest BCUT2D eigenvalue weighted by molar-refractivity contribution is 0.406. The van der Waals surface area contributed by atoms with Crippen LogP contribution in [0.4, 0.5) is 0 Å². The molecule has 0 aromatic heterocycles. The molecular weight excluding hydrogens is 286 g/mol. The summed E-state index contributed by atoms with van der Waals surface area (Å²) in [6.45, 7) is 7.63. The standard InChI is InChI=1S/C13H19BrClN/c1-4-16-10(3)9(2)7-11-5-6-12(14)8-13(11)15/h5-6,8-10,16H,4,7H2,1-3H3. The van der Waals surface area contributed by atoms with Crippen molar-refractivity contribution in [3.63, 3.8) is 0 Å². The molecule has 2 unspecified atom stereocenters. The molecule has 1 aromatic carbocycles. The minimum absolute atomic E-state index is 0.518. The lowest BCUT2D eigenvalue weighted by Crippen LogP contribution is -2.32. The number of hydrogen-bond acceptors (Lipinski definition) is 1. The third-order valence-corrected chi connectivity index (χ3v) is 3.78. The van der Waals surface area contributed by atoms with E-state index in [1.54, 1.807) is 0 Å². The van der Waals surface area contributed by atoms with E-state index in [0.29, 0.717) is 12.0 Å². The van der Waals surface area contributed by atoms with Gasteiger partial charge in [-0.2, -0.15) is 0 Å². The predicted molar refractivity (Wildman–Crippen MR) is 75.2 cm³/mol. The quantitative estimate of drug-likeness (QED) is 0.856. The minimum Gasteiger partial charge on any atom is -0.314 e. The van der Waals surface area contributed by atoms with Gasteiger partial charge in [0.15, 0.2) is 0 Å². The number of benzene rings is 1. The number of nitrogens with one attached hydrogen (secondary N) is 1. The molecule has 90 valence electrons. The third-order valence-electron chi connectivity index (χ3n) is 2.94. The van der Waals surface area contributed by atoms with Crippen LogP contribution in [-0.2, 0) is 6.42 Å². The molecule has 2 atom stereocenters. The van der Waals surface area contributed by atoms with Crippen molar-refractivity contribution in [1.29, 1.82) is 0 Å². The fourth-order valence-electron chi connectivity index (χ4n) is 1.73. The van der Waals surface area contributed by atoms with Crippen LogP contribution >= 0.6 is 27.5 Å². The van der Waals surface area contributed by atoms with E-state index in [1.807, 2.05) is 12.1 Å². The zero-order chi connectivity index (χ0) is 12.1. The Hall–Kier alpha value is -0.0500. The van der Waals surface area contributed by atoms with E-state index in [2.05, 4.69) is 48.1 Å². The summed E-state index contributed by atoms with van der Waals surface area (Å²) in [5.74, 6) is 0.582. The zero-order valence-corrected chi connectivity index (χ0v) is 12.4. The Bertz CT molecular complexity index is 341. The largest absolute Gasteiger partial charge is 0.314 e. The van der Waals surface area contributed by atoms with E-state index in [9.17, 15) is 0 Å². The molecule has 1 aromatic rings. The van der Waals surface area contributed by atoms with Crippen molar-refractivity contribution >= 4 is 27.5 Å². The maximum Gasteiger partial charge on any atom is 0.0449 e. The van der Waals surface area contributed by atoms with Gasteiger partial charge in [-0.3, -0.25) is 0 Å². The van der Waals surface area contributed by atoms with Crippen molar-refractivity contribution < 1.29 is 0 Å². The Balaban J connectivity index is 2.65. The van der Waals surface area contributed by atoms with Gasteiger partial charge in [0.05, 0.1) is 0 Å². The highest BCUT2D eigenvalue weighted by Gasteiger charge is 2.13. The monoisotopic (exact) mass is 303 g/mol. The van der Waals surface area contributed by atoms with Gasteiger partial charge in [0.1, 0.15) is 0 Å². The molecule has 0 fully saturated rings. The van der Waals surface area contributed by atoms with Crippen LogP contribution in [0.1, 0.15) is 26.3 Å². The molecular formula is C13H19BrClN. The number of halogens is 2. The van der Waals surface area contributed by atoms with E-state index >= 15 is 0 Å². The smallest absolute Gasteiger partial charge is 0.0449 e. The average Bonchev–Trinajstić information content (AvgIpc) is 2.22. The second-order valence-electron chi connectivity index (χ2n) is 4.26. The van der Waals surface area contributed by atoms with Gasteiger partial charge < -0.3 is 5.32 Å². The van der Waals surface area contributed by atoms with Gasteiger partial charge in [-0.05, 0) is 43.5 Å². The molecule has 1 rings (SSSR count). The normalized spacial score (nSPS) is 14.8. The van der Waals surface area contributed by atoms with E-state index in [1.165, 1.54) is 5.56 Å². The maximum absolute atomic E-state index is 6.20. The van der Waals surface area contributed by atoms with Crippen LogP contribution in [0.25, 0.3) is 0 Å². The summed E-state index contributed by atoms with van der Waals surface area (Å²) in [6.07, 6.45) is 1.01. The van der Waals surface area contributed by atoms with E-state index in [0.717, 1.165) is 22.5 Å². The molecule has 0 radical (unpaired) electrons. The van der Waals surface area contributed by atoms with Crippen LogP contribution in [0.5, 0.6) is 0 Å². The average molecular weight is 305 g/mol. The summed E-state index contributed by atoms with van der Waals surface area (Å²) in [4.78, 5) is 0. The maximum atomic E-state index is 6.20. The summed E-state index contributed by atoms with van der Waals surface area (Å²) >= 11 is 9.62. The Kier molecular flexibility index (Phi) is 5.81. The lowest BCUT2D eigenvalue weighted by Gasteiger charge is -2.21. The Morgan fingerprint density at radius 3 is 2.62 bits per heavy atom. The first kappa shape index (κ1) is 14.0. The van der Waals surface area contributed by atoms with Crippen molar-refractivity contribution in [2.75, 3.05) is 6.54 Å². The highest BCUT2D eigenvalue weighted by Crippen LogP contribution is 2.24. The molecule has 0 heterocycles. The van der Waals surface area contributed by atoms with Crippen molar-refractivity contribution in [3.8, 4) is 0 Å². The van der Waals surface area contributed by atoms with Crippen LogP contribution in [0.2, 0.25) is 5.02 Å². The molecule has 16 heavy (non-hydrogen) atoms. The van der Waals surface area contributed by atoms with Crippen molar-refractivity contribution in [2.24, 2.45) is 5.92 Å². The summed E-state index contributed by atoms with van der Waals surface area (Å²) in [5, 5.41) is 4.30. The van der Waals surface area contributed by atoms with Gasteiger partial charge in [-0.25, -0.2) is 0 Å². The first-order valence-corrected chi connectivity index (χ1v) is 6.89. The van der Waals surface area contributed by atoms with Crippen molar-refractivity contribution in [2.45, 2.75) is 33.2 Å². The van der Waals surface area contributed by atoms with E-state index in [4.69, 9.17) is 11.6 Å². The molecule has 0 amide bonds. The molecule has 0 saturated heterocycles. The number of rotatable bonds is 5. The molecule has 0 bridgehead atoms. The fourth-order valence-corrected chi connectivity index (χ4v) is 2.48. The van der Waals surface area contributed by atoms with Crippen LogP contribution in [0, 0.1) is 5.92 Å². The van der Waals surface area contributed by atoms with Crippen molar-refractivity contribution in [3.05, 3.63) is 33.3 Å². The SMILES string of the molecule is CCNC(C)C(C)Cc1ccc(Br)cc1Cl. The summed E-state index contributed by atoms with van der Waals surface area (Å²) in [6, 6.07) is 6.62. The van der Waals surface area contributed by atoms with Gasteiger partial charge in [0.25, 0.3) is 0 Å². The zero-order valence-electron chi connectivity index (χ0n) is 10.1. The molecule has 0 spiro atoms. The van der Waals surface area contributed by atoms with E-state index in [-0.39, 0.29) is 0 Å². The second-order valence-corrected chi connectivity index (χ2v) is 5.59. The molecule has 0 aliphatic rings. The third kappa shape index (κ3) is 4.08. The topological polar surface area (TPSA) is 12.0 Å². The Morgan fingerprint density at radius 2 is 2.06 bits per heavy atom. The van der Waals surface area contributed by atoms with Crippen LogP contribution in [0.3, 0.4) is 0 Å². The van der Waals surface area contributed by atoms with E-state index < -0.39 is 0 Å². The van der Waals surface area contributed by atoms with Gasteiger partial charge in [0, 0.05) is 15.5 Å². The molecule has 1 N–H and O–H groups in total. The second kappa shape index (κ2) is 6.63. The van der Waals surface area contributed by atoms with Crippen LogP contribution in [-0.4, -0.2) is 12.6 Å². The Labute approximate surface area is 112 Å². The van der Waals surface area contributed by atoms with Crippen molar-refractivity contribution in [1.82, 2.24) is 5.32 Å². The fraction of sp³-hybridized carbons (Fsp3) is 0.538. The number of hydrogen-bond donors (Lipinski definition) is 1. The molecule has 0 saturated carbocycles. The molecule has 0 aliphatic carbocycles. The highest BCUT2D eigenvalue weighted by atomic mass is 79.9. The molecule has 3 heteroatoms. The highest BCUT2D eigenvalue weighted by molar-refractivity contribution is 9.10. The van der Waals surface area contributed by atoms with Crippen LogP contribution in [0.15, 0.2) is 22.7 Å². The predicted octanol–water partition coefficient (Wildman–Crippen LogP) is 4.28. The van der Waals surface area contributed by atoms with Gasteiger partial charge in [-0.15, -0.1) is 0 Å². The van der Waals surface area contributed by atoms with Gasteiger partial charge >= 0.3 is 0 Å². The first-order valence-electron chi connectivity index (χ1n) is 5.72. The lowest BCUT2D eigenvalue weighted by atomic mass is 9.95. The molecule has 1 nitrogen and oxygen atoms in total. The van der Waals surface area contributed by atoms with Gasteiger partial charge in [-0.1, -0.05) is 47.4 Å². The van der Waals surface area contributed by atoms with Gasteiger partial charge in [0.2, 0.25) is 0 Å². The first-order chi connectivity index (χ1) is 7.54.